The van der Waals surface area contributed by atoms with Crippen LogP contribution in [0.5, 0.6) is 0 Å². The maximum Gasteiger partial charge on any atom is 0.340 e. The van der Waals surface area contributed by atoms with Gasteiger partial charge in [0.2, 0.25) is 21.1 Å². The molecule has 738 valence electrons. The van der Waals surface area contributed by atoms with E-state index in [1.54, 1.807) is 53.5 Å². The van der Waals surface area contributed by atoms with Crippen molar-refractivity contribution in [2.24, 2.45) is 0 Å². The number of benzene rings is 4. The highest BCUT2D eigenvalue weighted by Crippen LogP contribution is 2.72. The predicted molar refractivity (Wildman–Crippen MR) is 508 cm³/mol. The van der Waals surface area contributed by atoms with Crippen LogP contribution in [0.3, 0.4) is 0 Å². The summed E-state index contributed by atoms with van der Waals surface area (Å²) in [5.41, 5.74) is 7.97. The summed E-state index contributed by atoms with van der Waals surface area (Å²) in [7, 11) is -9.59. The minimum Gasteiger partial charge on any atom is -0.394 e. The average Bonchev–Trinajstić information content (AvgIpc) is 1.59. The molecule has 0 spiro atoms. The quantitative estimate of drug-likeness (QED) is 0.0136. The van der Waals surface area contributed by atoms with Gasteiger partial charge in [-0.2, -0.15) is 39.9 Å². The van der Waals surface area contributed by atoms with E-state index in [1.165, 1.54) is 17.8 Å². The van der Waals surface area contributed by atoms with Gasteiger partial charge in [0.05, 0.1) is 44.1 Å². The lowest BCUT2D eigenvalue weighted by Crippen LogP contribution is -2.38. The van der Waals surface area contributed by atoms with E-state index in [4.69, 9.17) is 153 Å². The van der Waals surface area contributed by atoms with Gasteiger partial charge in [0.25, 0.3) is 11.7 Å². The van der Waals surface area contributed by atoms with Gasteiger partial charge in [0.15, 0.2) is 122 Å². The fourth-order valence-electron chi connectivity index (χ4n) is 16.2. The van der Waals surface area contributed by atoms with Crippen LogP contribution in [-0.4, -0.2) is 241 Å². The molecule has 0 amide bonds. The van der Waals surface area contributed by atoms with Crippen molar-refractivity contribution >= 4 is 192 Å². The smallest absolute Gasteiger partial charge is 0.340 e. The summed E-state index contributed by atoms with van der Waals surface area (Å²) >= 11 is 44.8. The molecule has 55 heteroatoms. The molecule has 0 bridgehead atoms. The molecule has 7 aliphatic heterocycles. The lowest BCUT2D eigenvalue weighted by atomic mass is 10.1. The van der Waals surface area contributed by atoms with Gasteiger partial charge in [-0.25, -0.2) is 19.9 Å². The summed E-state index contributed by atoms with van der Waals surface area (Å²) in [6, 6.07) is 39.4. The first-order valence-electron chi connectivity index (χ1n) is 41.8. The van der Waals surface area contributed by atoms with Gasteiger partial charge < -0.3 is 113 Å². The minimum absolute atomic E-state index is 0. The second-order valence-electron chi connectivity index (χ2n) is 33.3. The highest BCUT2D eigenvalue weighted by atomic mass is 35.9. The van der Waals surface area contributed by atoms with Crippen LogP contribution in [0.25, 0.3) is 44.7 Å². The molecule has 19 atom stereocenters. The number of aliphatic hydroxyl groups excluding tert-OH is 4. The molecule has 7 aliphatic rings. The minimum atomic E-state index is -4.85. The first-order chi connectivity index (χ1) is 64.3. The van der Waals surface area contributed by atoms with Crippen molar-refractivity contribution in [3.05, 3.63) is 190 Å². The summed E-state index contributed by atoms with van der Waals surface area (Å²) in [6.07, 6.45) is -7.05. The van der Waals surface area contributed by atoms with E-state index in [9.17, 15) is 48.4 Å². The van der Waals surface area contributed by atoms with E-state index in [-0.39, 0.29) is 46.9 Å². The highest BCUT2D eigenvalue weighted by molar-refractivity contribution is 8.21. The lowest BCUT2D eigenvalue weighted by Gasteiger charge is -2.25. The van der Waals surface area contributed by atoms with Gasteiger partial charge in [-0.1, -0.05) is 129 Å². The summed E-state index contributed by atoms with van der Waals surface area (Å²) in [4.78, 5) is 91.4. The third-order valence-electron chi connectivity index (χ3n) is 21.7. The number of carbonyl (C=O) groups excluding carboxylic acids is 1. The number of aliphatic hydroxyl groups is 4. The molecule has 0 saturated carbocycles. The standard InChI is InChI=1S/C21H24ClN5O4.C20H22ClN5O4.C20H20ClN5O4.C19H24ClN5O9P2.CH2Cl4O2P2.CH4/c1-11(28)14-15-16(31-21(2,3)30-15)19(29-14)27-10-24-13-17(25-20(22)26-18(13)27)23-9-12-7-5-4-6-8-12;2*1-20(2)29-14-12(9-27)28-18(15(14)30-20)26-10-23-13-16(24-19(21)25-17(13)26)22-8-11-6-4-3-5-7-11;1-10(34-36(31,32)9-35(28,29)30)15-13(26)14(27)18(33-15)25-8-22-12-16(23-19(20)24-17(12)25)21-7-11-5-3-2-4-6-11;2-8(3,6)1-9(4,5)7;/h4-8,10-11,14-16,19,28H,9H2,1-3H3,(H,23,25,26);3-7,10,12,14-15,18,27H,8-9H2,1-2H3,(H,22,24,25);3-7,9-10,12,14-15,18H,8H2,1-2H3,(H,22,24,25);2-6,8,10,13-15,18,26-27H,7,9H2,1H3,(H,31,32)(H,21,23,24)(H2,28,29,30);1H2;1H4/t11?,14-,15-,16-,19-;2*12-,14-,15-,18-;10?,13-,14+,15+,18+;;/m1110../s1. The third-order valence-corrected chi connectivity index (χ3v) is 32.4. The van der Waals surface area contributed by atoms with Crippen LogP contribution in [0.2, 0.25) is 21.1 Å². The molecule has 137 heavy (non-hydrogen) atoms. The van der Waals surface area contributed by atoms with Crippen molar-refractivity contribution in [3.63, 3.8) is 0 Å². The van der Waals surface area contributed by atoms with Gasteiger partial charge in [-0.05, 0) is 169 Å². The topological polar surface area (TPSA) is 551 Å². The Bertz CT molecular complexity index is 6410. The zero-order valence-electron chi connectivity index (χ0n) is 72.9. The van der Waals surface area contributed by atoms with Crippen LogP contribution in [0, 0.1) is 0 Å². The zero-order valence-corrected chi connectivity index (χ0v) is 82.5. The average molecular weight is 2140 g/mol. The number of nitrogens with zero attached hydrogens (tertiary/aromatic N) is 16. The molecule has 11 N–H and O–H groups in total. The largest absolute Gasteiger partial charge is 0.394 e. The molecule has 3 unspecified atom stereocenters. The Morgan fingerprint density at radius 3 is 1.07 bits per heavy atom. The molecule has 12 aromatic rings. The second kappa shape index (κ2) is 43.3. The SMILES string of the molecule is C.CC(O)[C@H]1O[C@@H](n2cnc3c(NCc4ccccc4)nc(Cl)nc32)[C@@H]2OC(C)(C)O[C@@H]21.CC(OP(=O)(O)CP(=O)(O)O)[C@H]1O[C@@H](n2cnc3c(NCc4ccccc4)nc(Cl)nc32)[C@H](O)[C@@H]1O.CC1(C)O[C@@H]2[C@H](O1)[C@@H](C=O)O[C@H]2n1cnc2c(NCc3ccccc3)nc(Cl)nc21.CC1(C)O[C@@H]2[C@H](O1)[C@@H](CO)O[C@H]2n1cnc2c(NCc3ccccc3)nc(Cl)nc21.O=P(Cl)(Cl)CP(=O)(Cl)Cl. The van der Waals surface area contributed by atoms with E-state index >= 15 is 0 Å². The molecule has 7 fully saturated rings. The second-order valence-corrected chi connectivity index (χ2v) is 49.6. The fraction of sp³-hybridized carbons (Fsp3) is 0.451. The Balaban J connectivity index is 0.000000141. The molecule has 0 radical (unpaired) electrons. The Labute approximate surface area is 821 Å². The Kier molecular flexibility index (Phi) is 33.3. The number of hydrogen-bond donors (Lipinski definition) is 11. The van der Waals surface area contributed by atoms with Crippen molar-refractivity contribution in [2.45, 2.75) is 217 Å². The van der Waals surface area contributed by atoms with E-state index in [0.29, 0.717) is 88.5 Å². The Morgan fingerprint density at radius 2 is 0.737 bits per heavy atom. The van der Waals surface area contributed by atoms with E-state index < -0.39 is 160 Å². The predicted octanol–water partition coefficient (Wildman–Crippen LogP) is 14.5. The number of hydrogen-bond acceptors (Lipinski definition) is 36. The van der Waals surface area contributed by atoms with Crippen LogP contribution >= 0.6 is 118 Å². The molecule has 8 aromatic heterocycles. The van der Waals surface area contributed by atoms with Crippen molar-refractivity contribution in [1.29, 1.82) is 0 Å². The van der Waals surface area contributed by atoms with Gasteiger partial charge in [0, 0.05) is 26.2 Å². The number of carbonyl (C=O) groups is 1. The van der Waals surface area contributed by atoms with Gasteiger partial charge >= 0.3 is 15.2 Å². The van der Waals surface area contributed by atoms with Crippen molar-refractivity contribution in [1.82, 2.24) is 78.1 Å². The molecule has 0 aliphatic carbocycles. The number of rotatable bonds is 26. The van der Waals surface area contributed by atoms with E-state index in [1.807, 2.05) is 149 Å². The van der Waals surface area contributed by atoms with Gasteiger partial charge in [-0.3, -0.25) is 36.5 Å². The number of anilines is 4. The van der Waals surface area contributed by atoms with Crippen LogP contribution in [0.1, 0.15) is 110 Å². The number of aldehydes is 1. The summed E-state index contributed by atoms with van der Waals surface area (Å²) < 4.78 is 115. The number of ether oxygens (including phenoxy) is 10. The molecule has 19 rings (SSSR count). The maximum atomic E-state index is 12.1. The van der Waals surface area contributed by atoms with Crippen LogP contribution in [0.4, 0.5) is 23.3 Å². The molecular formula is C82H96Cl8N20O23P4. The molecule has 15 heterocycles. The molecule has 7 saturated heterocycles. The van der Waals surface area contributed by atoms with Crippen molar-refractivity contribution < 1.29 is 110 Å². The van der Waals surface area contributed by atoms with Crippen LogP contribution in [0.15, 0.2) is 147 Å². The molecule has 4 aromatic carbocycles. The van der Waals surface area contributed by atoms with E-state index in [0.717, 1.165) is 28.5 Å². The summed E-state index contributed by atoms with van der Waals surface area (Å²) in [5, 5.41) is 54.3. The first kappa shape index (κ1) is 105. The summed E-state index contributed by atoms with van der Waals surface area (Å²) in [6.45, 7) is 15.9. The van der Waals surface area contributed by atoms with Crippen LogP contribution in [-0.2, 0) is 101 Å². The number of fused-ring (bicyclic) bond motifs is 7. The van der Waals surface area contributed by atoms with Crippen LogP contribution < -0.4 is 21.3 Å². The van der Waals surface area contributed by atoms with Crippen molar-refractivity contribution in [3.8, 4) is 0 Å². The number of imidazole rings is 4. The van der Waals surface area contributed by atoms with Gasteiger partial charge in [0.1, 0.15) is 79.2 Å². The monoisotopic (exact) mass is 2130 g/mol. The number of aromatic nitrogens is 16. The van der Waals surface area contributed by atoms with E-state index in [2.05, 4.69) is 81.1 Å². The molecule has 43 nitrogen and oxygen atoms in total. The fourth-order valence-corrected chi connectivity index (χ4v) is 28.5. The maximum absolute atomic E-state index is 12.1. The molecular weight excluding hydrogens is 2040 g/mol. The Hall–Kier alpha value is -7.53. The number of nitrogens with one attached hydrogen (secondary N) is 4. The Morgan fingerprint density at radius 1 is 0.431 bits per heavy atom. The normalized spacial score (nSPS) is 25.8. The zero-order chi connectivity index (χ0) is 97.5. The van der Waals surface area contributed by atoms with Crippen molar-refractivity contribution in [2.75, 3.05) is 39.7 Å². The van der Waals surface area contributed by atoms with Gasteiger partial charge in [-0.15, -0.1) is 0 Å². The summed E-state index contributed by atoms with van der Waals surface area (Å²) in [5.74, 6) is -9.14. The lowest BCUT2D eigenvalue weighted by molar-refractivity contribution is -0.205. The number of halogens is 8. The first-order valence-corrected chi connectivity index (χ1v) is 54.3. The highest BCUT2D eigenvalue weighted by Gasteiger charge is 2.60. The third kappa shape index (κ3) is 25.6.